The zero-order chi connectivity index (χ0) is 5.86. The van der Waals surface area contributed by atoms with Crippen LogP contribution in [0.25, 0.3) is 0 Å². The number of aliphatic carboxylic acids is 1. The Labute approximate surface area is 140 Å². The molecule has 0 aromatic heterocycles. The smallest absolute Gasteiger partial charge is 1.00 e. The molecule has 0 spiro atoms. The van der Waals surface area contributed by atoms with Gasteiger partial charge in [-0.2, -0.15) is 0 Å². The predicted molar refractivity (Wildman–Crippen MR) is 21.7 cm³/mol. The first kappa shape index (κ1) is 17.3. The number of carboxylic acid groups (broad SMARTS) is 1. The maximum absolute atomic E-state index is 9.37. The van der Waals surface area contributed by atoms with Crippen LogP contribution in [-0.4, -0.2) is 22.5 Å². The average molecular weight is 185 g/mol. The molecule has 1 N–H and O–H groups in total. The largest absolute Gasteiger partial charge is 1.00 e. The van der Waals surface area contributed by atoms with Crippen molar-refractivity contribution in [2.45, 2.75) is 0 Å². The van der Waals surface area contributed by atoms with Crippen LogP contribution in [0, 0.1) is 10.1 Å². The summed E-state index contributed by atoms with van der Waals surface area (Å²) < 4.78 is 0. The van der Waals surface area contributed by atoms with Gasteiger partial charge in [0.2, 0.25) is 0 Å². The van der Waals surface area contributed by atoms with Crippen molar-refractivity contribution in [1.82, 2.24) is 0 Å². The Morgan fingerprint density at radius 3 is 2.00 bits per heavy atom. The summed E-state index contributed by atoms with van der Waals surface area (Å²) >= 11 is 0. The standard InChI is InChI=1S/C2H3NO4.2K.2H/c4-2(5)1-3(6)7;;;;/h1H2,(H,4,5);;;;/q;2*+1;2*-1. The average Bonchev–Trinajstić information content (AvgIpc) is 1.27. The Kier molecular flexibility index (Phi) is 19.5. The van der Waals surface area contributed by atoms with Crippen molar-refractivity contribution in [2.75, 3.05) is 6.54 Å². The molecule has 0 aromatic carbocycles. The Bertz CT molecular complexity index is 100. The third-order valence-electron chi connectivity index (χ3n) is 0.264. The third kappa shape index (κ3) is 17.8. The molecular weight excluding hydrogens is 180 g/mol. The van der Waals surface area contributed by atoms with Crippen LogP contribution in [0.4, 0.5) is 0 Å². The quantitative estimate of drug-likeness (QED) is 0.263. The van der Waals surface area contributed by atoms with Gasteiger partial charge in [-0.25, -0.2) is 4.79 Å². The molecule has 0 aliphatic rings. The van der Waals surface area contributed by atoms with Gasteiger partial charge in [-0.05, 0) is 0 Å². The number of carboxylic acids is 1. The molecule has 0 aromatic rings. The fraction of sp³-hybridized carbons (Fsp3) is 0.500. The number of nitrogens with zero attached hydrogens (tertiary/aromatic N) is 1. The van der Waals surface area contributed by atoms with Crippen molar-refractivity contribution in [3.63, 3.8) is 0 Å². The van der Waals surface area contributed by atoms with Gasteiger partial charge in [0, 0.05) is 4.92 Å². The SMILES string of the molecule is O=C(O)C[N+](=O)[O-].[H-].[H-].[K+].[K+]. The first-order chi connectivity index (χ1) is 3.13. The summed E-state index contributed by atoms with van der Waals surface area (Å²) in [6.07, 6.45) is 0. The minimum absolute atomic E-state index is 0. The normalized spacial score (nSPS) is 6.22. The molecule has 5 nitrogen and oxygen atoms in total. The number of hydrogen-bond donors (Lipinski definition) is 1. The van der Waals surface area contributed by atoms with Crippen molar-refractivity contribution in [1.29, 1.82) is 0 Å². The zero-order valence-corrected chi connectivity index (χ0v) is 11.6. The van der Waals surface area contributed by atoms with Crippen LogP contribution in [0.1, 0.15) is 2.85 Å². The summed E-state index contributed by atoms with van der Waals surface area (Å²) in [5.74, 6) is -1.41. The fourth-order valence-corrected chi connectivity index (χ4v) is 0.110. The monoisotopic (exact) mass is 185 g/mol. The van der Waals surface area contributed by atoms with Gasteiger partial charge in [0.25, 0.3) is 6.54 Å². The molecule has 0 bridgehead atoms. The summed E-state index contributed by atoms with van der Waals surface area (Å²) in [7, 11) is 0. The van der Waals surface area contributed by atoms with E-state index in [1.165, 1.54) is 0 Å². The van der Waals surface area contributed by atoms with E-state index >= 15 is 0 Å². The van der Waals surface area contributed by atoms with E-state index in [2.05, 4.69) is 0 Å². The van der Waals surface area contributed by atoms with Gasteiger partial charge in [-0.3, -0.25) is 10.1 Å². The van der Waals surface area contributed by atoms with Crippen LogP contribution in [0.2, 0.25) is 0 Å². The number of hydrogen-bond acceptors (Lipinski definition) is 3. The Morgan fingerprint density at radius 1 is 1.67 bits per heavy atom. The molecule has 7 heteroatoms. The second-order valence-corrected chi connectivity index (χ2v) is 0.885. The maximum atomic E-state index is 9.37. The first-order valence-corrected chi connectivity index (χ1v) is 1.46. The van der Waals surface area contributed by atoms with Gasteiger partial charge in [0.1, 0.15) is 0 Å². The molecular formula is C2H5K2NO4. The molecule has 0 amide bonds. The summed E-state index contributed by atoms with van der Waals surface area (Å²) in [6, 6.07) is 0. The van der Waals surface area contributed by atoms with Crippen LogP contribution in [0.5, 0.6) is 0 Å². The number of nitro groups is 1. The van der Waals surface area contributed by atoms with Crippen molar-refractivity contribution < 1.29 is 120 Å². The second-order valence-electron chi connectivity index (χ2n) is 0.885. The Hall–Kier alpha value is 2.14. The van der Waals surface area contributed by atoms with E-state index in [-0.39, 0.29) is 106 Å². The summed E-state index contributed by atoms with van der Waals surface area (Å²) in [6.45, 7) is -1.00. The van der Waals surface area contributed by atoms with Crippen molar-refractivity contribution >= 4 is 5.97 Å². The molecule has 0 saturated heterocycles. The van der Waals surface area contributed by atoms with Crippen molar-refractivity contribution in [3.05, 3.63) is 10.1 Å². The van der Waals surface area contributed by atoms with E-state index in [4.69, 9.17) is 5.11 Å². The van der Waals surface area contributed by atoms with E-state index in [1.807, 2.05) is 0 Å². The van der Waals surface area contributed by atoms with E-state index in [1.54, 1.807) is 0 Å². The third-order valence-corrected chi connectivity index (χ3v) is 0.264. The molecule has 0 heterocycles. The van der Waals surface area contributed by atoms with Gasteiger partial charge in [0.15, 0.2) is 0 Å². The van der Waals surface area contributed by atoms with Gasteiger partial charge in [0.05, 0.1) is 0 Å². The molecule has 44 valence electrons. The summed E-state index contributed by atoms with van der Waals surface area (Å²) in [5.41, 5.74) is 0. The van der Waals surface area contributed by atoms with Crippen LogP contribution in [0.3, 0.4) is 0 Å². The maximum Gasteiger partial charge on any atom is 1.00 e. The van der Waals surface area contributed by atoms with Crippen LogP contribution < -0.4 is 103 Å². The second kappa shape index (κ2) is 10.1. The molecule has 0 radical (unpaired) electrons. The zero-order valence-electron chi connectivity index (χ0n) is 7.33. The van der Waals surface area contributed by atoms with Gasteiger partial charge in [-0.15, -0.1) is 0 Å². The first-order valence-electron chi connectivity index (χ1n) is 1.46. The Morgan fingerprint density at radius 2 is 2.00 bits per heavy atom. The topological polar surface area (TPSA) is 80.4 Å². The molecule has 0 fully saturated rings. The van der Waals surface area contributed by atoms with Crippen LogP contribution in [0.15, 0.2) is 0 Å². The Balaban J connectivity index is -0.0000000300. The molecule has 0 aliphatic heterocycles. The van der Waals surface area contributed by atoms with Gasteiger partial charge < -0.3 is 7.96 Å². The predicted octanol–water partition coefficient (Wildman–Crippen LogP) is -6.42. The van der Waals surface area contributed by atoms with Crippen LogP contribution in [-0.2, 0) is 4.79 Å². The molecule has 0 saturated carbocycles. The summed E-state index contributed by atoms with van der Waals surface area (Å²) in [5, 5.41) is 16.9. The van der Waals surface area contributed by atoms with Crippen molar-refractivity contribution in [3.8, 4) is 0 Å². The van der Waals surface area contributed by atoms with E-state index in [0.717, 1.165) is 0 Å². The number of carbonyl (C=O) groups is 1. The minimum Gasteiger partial charge on any atom is -1.00 e. The van der Waals surface area contributed by atoms with Crippen LogP contribution >= 0.6 is 0 Å². The number of rotatable bonds is 2. The molecule has 0 aliphatic carbocycles. The molecule has 9 heavy (non-hydrogen) atoms. The minimum atomic E-state index is -1.41. The van der Waals surface area contributed by atoms with Gasteiger partial charge in [-0.1, -0.05) is 0 Å². The summed E-state index contributed by atoms with van der Waals surface area (Å²) in [4.78, 5) is 17.7. The molecule has 0 atom stereocenters. The fourth-order valence-electron chi connectivity index (χ4n) is 0.110. The van der Waals surface area contributed by atoms with E-state index in [9.17, 15) is 14.9 Å². The molecule has 0 rings (SSSR count). The van der Waals surface area contributed by atoms with E-state index in [0.29, 0.717) is 0 Å². The van der Waals surface area contributed by atoms with Gasteiger partial charge >= 0.3 is 109 Å². The molecule has 0 unspecified atom stereocenters. The van der Waals surface area contributed by atoms with E-state index < -0.39 is 17.4 Å². The van der Waals surface area contributed by atoms with Crippen molar-refractivity contribution in [2.24, 2.45) is 0 Å².